The largest absolute Gasteiger partial charge is 0.394 e. The first-order valence-electron chi connectivity index (χ1n) is 5.03. The van der Waals surface area contributed by atoms with Gasteiger partial charge in [0.05, 0.1) is 12.3 Å². The summed E-state index contributed by atoms with van der Waals surface area (Å²) in [6, 6.07) is 0.827. The molecule has 0 saturated heterocycles. The van der Waals surface area contributed by atoms with Crippen LogP contribution >= 0.6 is 0 Å². The van der Waals surface area contributed by atoms with E-state index in [1.165, 1.54) is 0 Å². The molecular formula is C9H14N2O7. The Morgan fingerprint density at radius 1 is 1.06 bits per heavy atom. The molecule has 1 heterocycles. The molecular weight excluding hydrogens is 248 g/mol. The molecule has 0 aliphatic rings. The van der Waals surface area contributed by atoms with Crippen molar-refractivity contribution in [2.45, 2.75) is 24.4 Å². The fraction of sp³-hybridized carbons (Fsp3) is 0.556. The normalized spacial score (nSPS) is 18.1. The van der Waals surface area contributed by atoms with E-state index in [2.05, 4.69) is 4.98 Å². The van der Waals surface area contributed by atoms with Crippen LogP contribution in [0.25, 0.3) is 0 Å². The number of H-pyrrole nitrogens is 2. The second-order valence-electron chi connectivity index (χ2n) is 3.72. The summed E-state index contributed by atoms with van der Waals surface area (Å²) in [6.45, 7) is -0.823. The summed E-state index contributed by atoms with van der Waals surface area (Å²) >= 11 is 0. The van der Waals surface area contributed by atoms with Crippen molar-refractivity contribution in [2.75, 3.05) is 6.61 Å². The molecule has 4 atom stereocenters. The predicted octanol–water partition coefficient (Wildman–Crippen LogP) is -3.83. The van der Waals surface area contributed by atoms with Crippen LogP contribution < -0.4 is 11.2 Å². The standard InChI is InChI=1S/C9H14N2O7/c12-2-4(13)7(16)8(17)6(15)3-1-5(14)11-9(18)10-3/h1,4,6-8,12-13,15-17H,2H2,(H2,10,11,14,18)/t4-,6+,7-,8-/m1/s1. The third-order valence-electron chi connectivity index (χ3n) is 2.35. The van der Waals surface area contributed by atoms with Crippen LogP contribution in [0.5, 0.6) is 0 Å². The Morgan fingerprint density at radius 2 is 1.67 bits per heavy atom. The summed E-state index contributed by atoms with van der Waals surface area (Å²) in [5.41, 5.74) is -2.00. The molecule has 0 aliphatic heterocycles. The molecule has 0 aromatic carbocycles. The zero-order valence-corrected chi connectivity index (χ0v) is 9.15. The van der Waals surface area contributed by atoms with E-state index in [1.54, 1.807) is 0 Å². The summed E-state index contributed by atoms with van der Waals surface area (Å²) in [5, 5.41) is 46.2. The van der Waals surface area contributed by atoms with Gasteiger partial charge in [-0.15, -0.1) is 0 Å². The fourth-order valence-electron chi connectivity index (χ4n) is 1.35. The van der Waals surface area contributed by atoms with Gasteiger partial charge in [-0.2, -0.15) is 0 Å². The molecule has 9 nitrogen and oxygen atoms in total. The summed E-state index contributed by atoms with van der Waals surface area (Å²) < 4.78 is 0. The third-order valence-corrected chi connectivity index (χ3v) is 2.35. The first kappa shape index (κ1) is 14.5. The zero-order valence-electron chi connectivity index (χ0n) is 9.15. The van der Waals surface area contributed by atoms with Gasteiger partial charge in [0.15, 0.2) is 0 Å². The average Bonchev–Trinajstić information content (AvgIpc) is 2.33. The molecule has 0 amide bonds. The van der Waals surface area contributed by atoms with Gasteiger partial charge in [0, 0.05) is 6.07 Å². The Hall–Kier alpha value is -1.52. The van der Waals surface area contributed by atoms with Crippen molar-refractivity contribution in [1.29, 1.82) is 0 Å². The lowest BCUT2D eigenvalue weighted by atomic mass is 10.0. The van der Waals surface area contributed by atoms with Gasteiger partial charge in [0.25, 0.3) is 5.56 Å². The minimum absolute atomic E-state index is 0.319. The van der Waals surface area contributed by atoms with Gasteiger partial charge in [-0.1, -0.05) is 0 Å². The SMILES string of the molecule is O=c1cc([C@H](O)[C@@H](O)[C@H](O)[C@H](O)CO)[nH]c(=O)[nH]1. The van der Waals surface area contributed by atoms with Gasteiger partial charge >= 0.3 is 5.69 Å². The summed E-state index contributed by atoms with van der Waals surface area (Å²) in [6.07, 6.45) is -7.18. The maximum absolute atomic E-state index is 11.0. The van der Waals surface area contributed by atoms with E-state index in [0.29, 0.717) is 0 Å². The van der Waals surface area contributed by atoms with Gasteiger partial charge in [-0.25, -0.2) is 4.79 Å². The molecule has 1 aromatic heterocycles. The highest BCUT2D eigenvalue weighted by molar-refractivity contribution is 5.05. The molecule has 0 fully saturated rings. The van der Waals surface area contributed by atoms with E-state index in [-0.39, 0.29) is 5.69 Å². The number of aromatic amines is 2. The molecule has 0 bridgehead atoms. The lowest BCUT2D eigenvalue weighted by Crippen LogP contribution is -2.43. The highest BCUT2D eigenvalue weighted by Crippen LogP contribution is 2.16. The molecule has 9 heteroatoms. The summed E-state index contributed by atoms with van der Waals surface area (Å²) in [5.74, 6) is 0. The van der Waals surface area contributed by atoms with Crippen molar-refractivity contribution in [3.63, 3.8) is 0 Å². The number of aliphatic hydroxyl groups is 5. The van der Waals surface area contributed by atoms with E-state index < -0.39 is 42.3 Å². The molecule has 0 spiro atoms. The van der Waals surface area contributed by atoms with Crippen LogP contribution in [0.1, 0.15) is 11.8 Å². The highest BCUT2D eigenvalue weighted by atomic mass is 16.4. The van der Waals surface area contributed by atoms with Gasteiger partial charge in [0.2, 0.25) is 0 Å². The second kappa shape index (κ2) is 5.89. The second-order valence-corrected chi connectivity index (χ2v) is 3.72. The summed E-state index contributed by atoms with van der Waals surface area (Å²) in [4.78, 5) is 25.8. The van der Waals surface area contributed by atoms with Crippen LogP contribution in [0.3, 0.4) is 0 Å². The number of nitrogens with one attached hydrogen (secondary N) is 2. The fourth-order valence-corrected chi connectivity index (χ4v) is 1.35. The van der Waals surface area contributed by atoms with Crippen LogP contribution in [-0.4, -0.2) is 60.4 Å². The first-order valence-corrected chi connectivity index (χ1v) is 5.03. The van der Waals surface area contributed by atoms with Gasteiger partial charge in [-0.05, 0) is 0 Å². The minimum Gasteiger partial charge on any atom is -0.394 e. The number of aliphatic hydroxyl groups excluding tert-OH is 5. The molecule has 0 radical (unpaired) electrons. The van der Waals surface area contributed by atoms with E-state index in [1.807, 2.05) is 4.98 Å². The first-order chi connectivity index (χ1) is 8.36. The lowest BCUT2D eigenvalue weighted by Gasteiger charge is -2.25. The number of rotatable bonds is 5. The Kier molecular flexibility index (Phi) is 4.76. The molecule has 0 saturated carbocycles. The molecule has 102 valence electrons. The number of aromatic nitrogens is 2. The lowest BCUT2D eigenvalue weighted by molar-refractivity contribution is -0.117. The zero-order chi connectivity index (χ0) is 13.9. The molecule has 18 heavy (non-hydrogen) atoms. The van der Waals surface area contributed by atoms with Crippen molar-refractivity contribution in [3.8, 4) is 0 Å². The van der Waals surface area contributed by atoms with Crippen molar-refractivity contribution < 1.29 is 25.5 Å². The smallest absolute Gasteiger partial charge is 0.325 e. The van der Waals surface area contributed by atoms with Crippen molar-refractivity contribution >= 4 is 0 Å². The summed E-state index contributed by atoms with van der Waals surface area (Å²) in [7, 11) is 0. The molecule has 1 aromatic rings. The van der Waals surface area contributed by atoms with Crippen LogP contribution in [0.2, 0.25) is 0 Å². The van der Waals surface area contributed by atoms with Crippen LogP contribution in [0.15, 0.2) is 15.7 Å². The highest BCUT2D eigenvalue weighted by Gasteiger charge is 2.31. The van der Waals surface area contributed by atoms with Gasteiger partial charge in [-0.3, -0.25) is 9.78 Å². The molecule has 0 aliphatic carbocycles. The molecule has 7 N–H and O–H groups in total. The maximum atomic E-state index is 11.0. The van der Waals surface area contributed by atoms with Gasteiger partial charge < -0.3 is 30.5 Å². The van der Waals surface area contributed by atoms with Crippen LogP contribution in [-0.2, 0) is 0 Å². The Balaban J connectivity index is 2.95. The average molecular weight is 262 g/mol. The Morgan fingerprint density at radius 3 is 2.17 bits per heavy atom. The van der Waals surface area contributed by atoms with Crippen LogP contribution in [0.4, 0.5) is 0 Å². The number of hydrogen-bond acceptors (Lipinski definition) is 7. The molecule has 0 unspecified atom stereocenters. The van der Waals surface area contributed by atoms with Crippen molar-refractivity contribution in [3.05, 3.63) is 32.6 Å². The minimum atomic E-state index is -1.88. The van der Waals surface area contributed by atoms with Crippen LogP contribution in [0, 0.1) is 0 Å². The maximum Gasteiger partial charge on any atom is 0.325 e. The van der Waals surface area contributed by atoms with Gasteiger partial charge in [0.1, 0.15) is 24.4 Å². The van der Waals surface area contributed by atoms with E-state index in [4.69, 9.17) is 10.2 Å². The quantitative estimate of drug-likeness (QED) is 0.285. The monoisotopic (exact) mass is 262 g/mol. The Labute approximate surface area is 100.0 Å². The number of hydrogen-bond donors (Lipinski definition) is 7. The third kappa shape index (κ3) is 3.24. The van der Waals surface area contributed by atoms with Crippen molar-refractivity contribution in [2.24, 2.45) is 0 Å². The molecule has 1 rings (SSSR count). The van der Waals surface area contributed by atoms with E-state index >= 15 is 0 Å². The topological polar surface area (TPSA) is 167 Å². The Bertz CT molecular complexity index is 468. The van der Waals surface area contributed by atoms with Crippen molar-refractivity contribution in [1.82, 2.24) is 9.97 Å². The predicted molar refractivity (Wildman–Crippen MR) is 57.7 cm³/mol. The van der Waals surface area contributed by atoms with E-state index in [9.17, 15) is 24.9 Å². The van der Waals surface area contributed by atoms with E-state index in [0.717, 1.165) is 6.07 Å².